The molecule has 0 radical (unpaired) electrons. The van der Waals surface area contributed by atoms with Gasteiger partial charge in [0.15, 0.2) is 0 Å². The second-order valence-corrected chi connectivity index (χ2v) is 4.31. The zero-order valence-corrected chi connectivity index (χ0v) is 8.45. The van der Waals surface area contributed by atoms with Gasteiger partial charge >= 0.3 is 11.4 Å². The molecule has 0 spiro atoms. The van der Waals surface area contributed by atoms with Gasteiger partial charge in [-0.25, -0.2) is 24.4 Å². The van der Waals surface area contributed by atoms with E-state index in [4.69, 9.17) is 0 Å². The van der Waals surface area contributed by atoms with E-state index in [-0.39, 0.29) is 12.0 Å². The second-order valence-electron chi connectivity index (χ2n) is 4.31. The molecule has 0 bridgehead atoms. The average Bonchev–Trinajstić information content (AvgIpc) is 2.81. The number of hydrogen-bond donors (Lipinski definition) is 3. The van der Waals surface area contributed by atoms with Crippen LogP contribution in [0.2, 0.25) is 0 Å². The van der Waals surface area contributed by atoms with E-state index in [1.165, 1.54) is 0 Å². The molecule has 1 aliphatic carbocycles. The van der Waals surface area contributed by atoms with Gasteiger partial charge in [-0.1, -0.05) is 12.8 Å². The highest BCUT2D eigenvalue weighted by molar-refractivity contribution is 4.85. The Kier molecular flexibility index (Phi) is 2.52. The lowest BCUT2D eigenvalue weighted by molar-refractivity contribution is 0.109. The maximum Gasteiger partial charge on any atom is 0.344 e. The fraction of sp³-hybridized carbons (Fsp3) is 0.778. The van der Waals surface area contributed by atoms with Crippen molar-refractivity contribution in [3.63, 3.8) is 0 Å². The Hall–Kier alpha value is -1.30. The van der Waals surface area contributed by atoms with E-state index >= 15 is 0 Å². The molecule has 6 nitrogen and oxygen atoms in total. The minimum atomic E-state index is -0.431. The lowest BCUT2D eigenvalue weighted by Gasteiger charge is -2.25. The highest BCUT2D eigenvalue weighted by Crippen LogP contribution is 2.38. The third-order valence-electron chi connectivity index (χ3n) is 3.26. The summed E-state index contributed by atoms with van der Waals surface area (Å²) >= 11 is 0. The SMILES string of the molecule is O=c1[nH][nH]c(=O)n1CC1(CO)CCCC1. The largest absolute Gasteiger partial charge is 0.396 e. The van der Waals surface area contributed by atoms with E-state index in [0.717, 1.165) is 30.3 Å². The van der Waals surface area contributed by atoms with E-state index in [2.05, 4.69) is 10.2 Å². The molecule has 84 valence electrons. The molecular weight excluding hydrogens is 198 g/mol. The first kappa shape index (κ1) is 10.2. The van der Waals surface area contributed by atoms with Crippen LogP contribution in [0.4, 0.5) is 0 Å². The molecule has 0 saturated heterocycles. The van der Waals surface area contributed by atoms with Gasteiger partial charge in [0.2, 0.25) is 0 Å². The maximum absolute atomic E-state index is 11.3. The van der Waals surface area contributed by atoms with Crippen molar-refractivity contribution in [3.8, 4) is 0 Å². The summed E-state index contributed by atoms with van der Waals surface area (Å²) in [6.45, 7) is 0.339. The first-order chi connectivity index (χ1) is 7.17. The summed E-state index contributed by atoms with van der Waals surface area (Å²) in [5.74, 6) is 0. The molecule has 1 fully saturated rings. The van der Waals surface area contributed by atoms with Crippen LogP contribution in [0.15, 0.2) is 9.59 Å². The molecule has 0 atom stereocenters. The van der Waals surface area contributed by atoms with E-state index in [1.807, 2.05) is 0 Å². The molecule has 1 aromatic rings. The summed E-state index contributed by atoms with van der Waals surface area (Å²) < 4.78 is 1.13. The molecule has 1 heterocycles. The van der Waals surface area contributed by atoms with Gasteiger partial charge in [0, 0.05) is 12.0 Å². The topological polar surface area (TPSA) is 90.9 Å². The van der Waals surface area contributed by atoms with Gasteiger partial charge < -0.3 is 5.11 Å². The normalized spacial score (nSPS) is 19.5. The van der Waals surface area contributed by atoms with E-state index in [1.54, 1.807) is 0 Å². The lowest BCUT2D eigenvalue weighted by atomic mass is 9.87. The lowest BCUT2D eigenvalue weighted by Crippen LogP contribution is -2.37. The van der Waals surface area contributed by atoms with Crippen LogP contribution in [-0.4, -0.2) is 26.5 Å². The van der Waals surface area contributed by atoms with E-state index in [0.29, 0.717) is 6.54 Å². The number of aliphatic hydroxyl groups excluding tert-OH is 1. The number of aliphatic hydroxyl groups is 1. The van der Waals surface area contributed by atoms with E-state index in [9.17, 15) is 14.7 Å². The summed E-state index contributed by atoms with van der Waals surface area (Å²) in [5.41, 5.74) is -1.14. The van der Waals surface area contributed by atoms with Gasteiger partial charge in [0.05, 0.1) is 6.61 Å². The fourth-order valence-electron chi connectivity index (χ4n) is 2.30. The van der Waals surface area contributed by atoms with Gasteiger partial charge in [-0.2, -0.15) is 0 Å². The molecule has 6 heteroatoms. The van der Waals surface area contributed by atoms with E-state index < -0.39 is 11.4 Å². The highest BCUT2D eigenvalue weighted by atomic mass is 16.3. The third-order valence-corrected chi connectivity index (χ3v) is 3.26. The van der Waals surface area contributed by atoms with Crippen LogP contribution >= 0.6 is 0 Å². The molecule has 1 aliphatic rings. The van der Waals surface area contributed by atoms with Gasteiger partial charge in [-0.15, -0.1) is 0 Å². The third kappa shape index (κ3) is 1.77. The summed E-state index contributed by atoms with van der Waals surface area (Å²) in [7, 11) is 0. The van der Waals surface area contributed by atoms with Gasteiger partial charge in [0.25, 0.3) is 0 Å². The molecule has 0 unspecified atom stereocenters. The molecule has 1 saturated carbocycles. The minimum absolute atomic E-state index is 0.0318. The van der Waals surface area contributed by atoms with Crippen molar-refractivity contribution in [2.45, 2.75) is 32.2 Å². The Morgan fingerprint density at radius 3 is 2.20 bits per heavy atom. The molecule has 2 rings (SSSR count). The minimum Gasteiger partial charge on any atom is -0.396 e. The van der Waals surface area contributed by atoms with Crippen molar-refractivity contribution >= 4 is 0 Å². The summed E-state index contributed by atoms with van der Waals surface area (Å²) in [6.07, 6.45) is 3.86. The first-order valence-electron chi connectivity index (χ1n) is 5.15. The fourth-order valence-corrected chi connectivity index (χ4v) is 2.30. The van der Waals surface area contributed by atoms with Crippen LogP contribution < -0.4 is 11.4 Å². The van der Waals surface area contributed by atoms with Crippen molar-refractivity contribution in [1.29, 1.82) is 0 Å². The van der Waals surface area contributed by atoms with Crippen molar-refractivity contribution in [2.24, 2.45) is 5.41 Å². The monoisotopic (exact) mass is 213 g/mol. The predicted octanol–water partition coefficient (Wildman–Crippen LogP) is -0.583. The van der Waals surface area contributed by atoms with Crippen LogP contribution in [0.5, 0.6) is 0 Å². The molecule has 0 aliphatic heterocycles. The molecular formula is C9H15N3O3. The smallest absolute Gasteiger partial charge is 0.344 e. The number of nitrogens with zero attached hydrogens (tertiary/aromatic N) is 1. The molecule has 0 aromatic carbocycles. The summed E-state index contributed by atoms with van der Waals surface area (Å²) in [4.78, 5) is 22.6. The number of H-pyrrole nitrogens is 2. The average molecular weight is 213 g/mol. The summed E-state index contributed by atoms with van der Waals surface area (Å²) in [6, 6.07) is 0. The van der Waals surface area contributed by atoms with Crippen molar-refractivity contribution < 1.29 is 5.11 Å². The Balaban J connectivity index is 2.27. The molecule has 1 aromatic heterocycles. The summed E-state index contributed by atoms with van der Waals surface area (Å²) in [5, 5.41) is 13.8. The van der Waals surface area contributed by atoms with Crippen LogP contribution in [0.1, 0.15) is 25.7 Å². The number of rotatable bonds is 3. The van der Waals surface area contributed by atoms with Crippen LogP contribution in [0, 0.1) is 5.41 Å². The van der Waals surface area contributed by atoms with Gasteiger partial charge in [0.1, 0.15) is 0 Å². The number of nitrogens with one attached hydrogen (secondary N) is 2. The molecule has 0 amide bonds. The Labute approximate surface area is 85.9 Å². The Bertz CT molecular complexity index is 408. The second kappa shape index (κ2) is 3.69. The first-order valence-corrected chi connectivity index (χ1v) is 5.15. The van der Waals surface area contributed by atoms with Crippen LogP contribution in [-0.2, 0) is 6.54 Å². The standard InChI is InChI=1S/C9H15N3O3/c13-6-9(3-1-2-4-9)5-12-7(14)10-11-8(12)15/h13H,1-6H2,(H,10,14)(H,11,15). The zero-order valence-electron chi connectivity index (χ0n) is 8.45. The number of aromatic amines is 2. The van der Waals surface area contributed by atoms with Crippen molar-refractivity contribution in [1.82, 2.24) is 14.8 Å². The van der Waals surface area contributed by atoms with Crippen LogP contribution in [0.3, 0.4) is 0 Å². The quantitative estimate of drug-likeness (QED) is 0.627. The number of hydrogen-bond acceptors (Lipinski definition) is 3. The number of aromatic nitrogens is 3. The Morgan fingerprint density at radius 2 is 1.73 bits per heavy atom. The molecule has 15 heavy (non-hydrogen) atoms. The van der Waals surface area contributed by atoms with Gasteiger partial charge in [-0.05, 0) is 12.8 Å². The van der Waals surface area contributed by atoms with Crippen molar-refractivity contribution in [3.05, 3.63) is 21.0 Å². The maximum atomic E-state index is 11.3. The van der Waals surface area contributed by atoms with Gasteiger partial charge in [-0.3, -0.25) is 0 Å². The molecule has 3 N–H and O–H groups in total. The highest BCUT2D eigenvalue weighted by Gasteiger charge is 2.34. The zero-order chi connectivity index (χ0) is 10.9. The predicted molar refractivity (Wildman–Crippen MR) is 53.7 cm³/mol. The van der Waals surface area contributed by atoms with Crippen LogP contribution in [0.25, 0.3) is 0 Å². The Morgan fingerprint density at radius 1 is 1.20 bits per heavy atom. The van der Waals surface area contributed by atoms with Crippen molar-refractivity contribution in [2.75, 3.05) is 6.61 Å².